The van der Waals surface area contributed by atoms with Crippen LogP contribution in [0, 0.1) is 17.3 Å². The first-order chi connectivity index (χ1) is 8.19. The molecule has 1 saturated heterocycles. The van der Waals surface area contributed by atoms with Gasteiger partial charge in [0.2, 0.25) is 0 Å². The maximum Gasteiger partial charge on any atom is 0.00435 e. The fourth-order valence-electron chi connectivity index (χ4n) is 3.67. The number of fused-ring (bicyclic) bond motifs is 1. The van der Waals surface area contributed by atoms with Crippen molar-refractivity contribution in [2.75, 3.05) is 13.1 Å². The summed E-state index contributed by atoms with van der Waals surface area (Å²) in [5, 5.41) is 3.56. The lowest BCUT2D eigenvalue weighted by molar-refractivity contribution is 0.235. The van der Waals surface area contributed by atoms with Crippen molar-refractivity contribution >= 4 is 5.57 Å². The summed E-state index contributed by atoms with van der Waals surface area (Å²) >= 11 is 0. The van der Waals surface area contributed by atoms with Crippen molar-refractivity contribution in [1.82, 2.24) is 5.32 Å². The Labute approximate surface area is 104 Å². The molecule has 1 heterocycles. The molecule has 1 aromatic carbocycles. The van der Waals surface area contributed by atoms with Gasteiger partial charge in [0.1, 0.15) is 0 Å². The van der Waals surface area contributed by atoms with Crippen LogP contribution in [0.25, 0.3) is 5.57 Å². The van der Waals surface area contributed by atoms with Gasteiger partial charge >= 0.3 is 0 Å². The van der Waals surface area contributed by atoms with Crippen molar-refractivity contribution < 1.29 is 0 Å². The van der Waals surface area contributed by atoms with Crippen molar-refractivity contribution in [2.24, 2.45) is 17.3 Å². The summed E-state index contributed by atoms with van der Waals surface area (Å²) in [5.41, 5.74) is 3.31. The van der Waals surface area contributed by atoms with Crippen LogP contribution in [0.2, 0.25) is 0 Å². The second-order valence-electron chi connectivity index (χ2n) is 5.96. The fourth-order valence-corrected chi connectivity index (χ4v) is 3.67. The van der Waals surface area contributed by atoms with E-state index in [2.05, 4.69) is 55.6 Å². The Kier molecular flexibility index (Phi) is 2.59. The molecule has 3 atom stereocenters. The van der Waals surface area contributed by atoms with Crippen molar-refractivity contribution in [3.8, 4) is 0 Å². The Morgan fingerprint density at radius 1 is 1.24 bits per heavy atom. The van der Waals surface area contributed by atoms with Crippen LogP contribution in [0.3, 0.4) is 0 Å². The largest absolute Gasteiger partial charge is 0.316 e. The van der Waals surface area contributed by atoms with Crippen LogP contribution in [0.1, 0.15) is 25.8 Å². The minimum absolute atomic E-state index is 0.364. The predicted molar refractivity (Wildman–Crippen MR) is 72.7 cm³/mol. The molecule has 90 valence electrons. The molecule has 0 saturated carbocycles. The normalized spacial score (nSPS) is 36.5. The third-order valence-corrected chi connectivity index (χ3v) is 4.59. The SMILES string of the molecule is C[C@H]1CC(c2ccccc2)=C[C@@]2(C)CNCC12. The maximum atomic E-state index is 3.56. The highest BCUT2D eigenvalue weighted by Crippen LogP contribution is 2.46. The van der Waals surface area contributed by atoms with E-state index in [1.807, 2.05) is 0 Å². The van der Waals surface area contributed by atoms with Gasteiger partial charge in [-0.3, -0.25) is 0 Å². The van der Waals surface area contributed by atoms with Gasteiger partial charge in [0.15, 0.2) is 0 Å². The molecule has 17 heavy (non-hydrogen) atoms. The van der Waals surface area contributed by atoms with E-state index < -0.39 is 0 Å². The Hall–Kier alpha value is -1.08. The first-order valence-corrected chi connectivity index (χ1v) is 6.67. The molecule has 1 N–H and O–H groups in total. The minimum atomic E-state index is 0.364. The monoisotopic (exact) mass is 227 g/mol. The molecule has 0 bridgehead atoms. The van der Waals surface area contributed by atoms with Gasteiger partial charge in [-0.1, -0.05) is 50.3 Å². The lowest BCUT2D eigenvalue weighted by Gasteiger charge is -2.38. The molecule has 0 amide bonds. The lowest BCUT2D eigenvalue weighted by atomic mass is 9.66. The van der Waals surface area contributed by atoms with Gasteiger partial charge in [0.25, 0.3) is 0 Å². The Morgan fingerprint density at radius 2 is 2.00 bits per heavy atom. The molecule has 1 aromatic rings. The third-order valence-electron chi connectivity index (χ3n) is 4.59. The maximum absolute atomic E-state index is 3.56. The smallest absolute Gasteiger partial charge is 0.00435 e. The molecule has 0 radical (unpaired) electrons. The van der Waals surface area contributed by atoms with Crippen molar-refractivity contribution in [3.63, 3.8) is 0 Å². The number of rotatable bonds is 1. The van der Waals surface area contributed by atoms with Crippen LogP contribution in [-0.4, -0.2) is 13.1 Å². The molecule has 0 aromatic heterocycles. The van der Waals surface area contributed by atoms with E-state index in [1.165, 1.54) is 18.5 Å². The molecule has 1 heteroatoms. The Morgan fingerprint density at radius 3 is 2.76 bits per heavy atom. The van der Waals surface area contributed by atoms with Crippen molar-refractivity contribution in [3.05, 3.63) is 42.0 Å². The highest BCUT2D eigenvalue weighted by Gasteiger charge is 2.43. The summed E-state index contributed by atoms with van der Waals surface area (Å²) < 4.78 is 0. The fraction of sp³-hybridized carbons (Fsp3) is 0.500. The van der Waals surface area contributed by atoms with E-state index >= 15 is 0 Å². The van der Waals surface area contributed by atoms with Gasteiger partial charge in [-0.25, -0.2) is 0 Å². The zero-order valence-electron chi connectivity index (χ0n) is 10.7. The Bertz CT molecular complexity index is 434. The van der Waals surface area contributed by atoms with Crippen molar-refractivity contribution in [1.29, 1.82) is 0 Å². The van der Waals surface area contributed by atoms with E-state index in [4.69, 9.17) is 0 Å². The summed E-state index contributed by atoms with van der Waals surface area (Å²) in [5.74, 6) is 1.60. The van der Waals surface area contributed by atoms with Crippen LogP contribution in [0.4, 0.5) is 0 Å². The molecular weight excluding hydrogens is 206 g/mol. The second-order valence-corrected chi connectivity index (χ2v) is 5.96. The number of nitrogens with one attached hydrogen (secondary N) is 1. The second kappa shape index (κ2) is 3.99. The molecule has 3 rings (SSSR count). The van der Waals surface area contributed by atoms with Crippen LogP contribution in [0.15, 0.2) is 36.4 Å². The lowest BCUT2D eigenvalue weighted by Crippen LogP contribution is -2.32. The van der Waals surface area contributed by atoms with Crippen LogP contribution in [0.5, 0.6) is 0 Å². The molecule has 1 nitrogen and oxygen atoms in total. The van der Waals surface area contributed by atoms with E-state index in [-0.39, 0.29) is 0 Å². The molecule has 2 aliphatic rings. The van der Waals surface area contributed by atoms with Crippen LogP contribution in [-0.2, 0) is 0 Å². The zero-order chi connectivity index (χ0) is 11.9. The van der Waals surface area contributed by atoms with Crippen LogP contribution >= 0.6 is 0 Å². The summed E-state index contributed by atoms with van der Waals surface area (Å²) in [4.78, 5) is 0. The van der Waals surface area contributed by atoms with E-state index in [0.29, 0.717) is 5.41 Å². The van der Waals surface area contributed by atoms with Crippen LogP contribution < -0.4 is 5.32 Å². The molecule has 0 spiro atoms. The number of allylic oxidation sites excluding steroid dienone is 1. The van der Waals surface area contributed by atoms with Gasteiger partial charge in [-0.2, -0.15) is 0 Å². The van der Waals surface area contributed by atoms with Crippen molar-refractivity contribution in [2.45, 2.75) is 20.3 Å². The summed E-state index contributed by atoms with van der Waals surface area (Å²) in [6.45, 7) is 7.15. The van der Waals surface area contributed by atoms with E-state index in [9.17, 15) is 0 Å². The number of hydrogen-bond acceptors (Lipinski definition) is 1. The summed E-state index contributed by atoms with van der Waals surface area (Å²) in [6.07, 6.45) is 3.76. The quantitative estimate of drug-likeness (QED) is 0.776. The highest BCUT2D eigenvalue weighted by atomic mass is 14.9. The zero-order valence-corrected chi connectivity index (χ0v) is 10.7. The van der Waals surface area contributed by atoms with Gasteiger partial charge in [0.05, 0.1) is 0 Å². The highest BCUT2D eigenvalue weighted by molar-refractivity contribution is 5.67. The van der Waals surface area contributed by atoms with Gasteiger partial charge < -0.3 is 5.32 Å². The average Bonchev–Trinajstić information content (AvgIpc) is 2.72. The summed E-state index contributed by atoms with van der Waals surface area (Å²) in [7, 11) is 0. The van der Waals surface area contributed by atoms with Gasteiger partial charge in [-0.05, 0) is 35.9 Å². The first-order valence-electron chi connectivity index (χ1n) is 6.67. The molecule has 1 fully saturated rings. The van der Waals surface area contributed by atoms with E-state index in [0.717, 1.165) is 18.4 Å². The predicted octanol–water partition coefficient (Wildman–Crippen LogP) is 3.34. The molecule has 1 unspecified atom stereocenters. The van der Waals surface area contributed by atoms with E-state index in [1.54, 1.807) is 5.57 Å². The Balaban J connectivity index is 1.99. The minimum Gasteiger partial charge on any atom is -0.316 e. The molecule has 1 aliphatic heterocycles. The third kappa shape index (κ3) is 1.83. The molecular formula is C16H21N. The standard InChI is InChI=1S/C16H21N/c1-12-8-14(13-6-4-3-5-7-13)9-16(2)11-17-10-15(12)16/h3-7,9,12,15,17H,8,10-11H2,1-2H3/t12-,15?,16-/m0/s1. The molecule has 1 aliphatic carbocycles. The van der Waals surface area contributed by atoms with Gasteiger partial charge in [0, 0.05) is 12.0 Å². The van der Waals surface area contributed by atoms with Gasteiger partial charge in [-0.15, -0.1) is 0 Å². The summed E-state index contributed by atoms with van der Waals surface area (Å²) in [6, 6.07) is 10.9. The average molecular weight is 227 g/mol. The topological polar surface area (TPSA) is 12.0 Å². The number of benzene rings is 1. The first kappa shape index (κ1) is 11.0. The number of hydrogen-bond donors (Lipinski definition) is 1.